The van der Waals surface area contributed by atoms with Gasteiger partial charge in [0.1, 0.15) is 11.8 Å². The Kier molecular flexibility index (Phi) is 8.58. The third-order valence-electron chi connectivity index (χ3n) is 4.38. The van der Waals surface area contributed by atoms with Crippen LogP contribution in [-0.2, 0) is 16.0 Å². The first kappa shape index (κ1) is 22.8. The topological polar surface area (TPSA) is 67.4 Å². The molecule has 0 spiro atoms. The lowest BCUT2D eigenvalue weighted by molar-refractivity contribution is -0.128. The van der Waals surface area contributed by atoms with Gasteiger partial charge in [0.25, 0.3) is 0 Å². The lowest BCUT2D eigenvalue weighted by atomic mass is 10.0. The number of benzene rings is 2. The molecule has 0 aliphatic heterocycles. The van der Waals surface area contributed by atoms with Crippen LogP contribution in [0.4, 0.5) is 0 Å². The summed E-state index contributed by atoms with van der Waals surface area (Å²) in [7, 11) is 1.60. The second-order valence-electron chi connectivity index (χ2n) is 7.27. The molecule has 2 rings (SSSR count). The van der Waals surface area contributed by atoms with Crippen LogP contribution in [0.3, 0.4) is 0 Å². The highest BCUT2D eigenvalue weighted by atomic mass is 32.2. The molecule has 2 N–H and O–H groups in total. The average molecular weight is 415 g/mol. The van der Waals surface area contributed by atoms with Gasteiger partial charge in [0.15, 0.2) is 0 Å². The highest BCUT2D eigenvalue weighted by Gasteiger charge is 2.22. The fourth-order valence-corrected chi connectivity index (χ4v) is 3.83. The van der Waals surface area contributed by atoms with Gasteiger partial charge >= 0.3 is 0 Å². The van der Waals surface area contributed by atoms with Gasteiger partial charge < -0.3 is 15.4 Å². The van der Waals surface area contributed by atoms with E-state index in [4.69, 9.17) is 4.74 Å². The minimum atomic E-state index is -0.655. The van der Waals surface area contributed by atoms with Crippen molar-refractivity contribution in [2.24, 2.45) is 0 Å². The first-order valence-electron chi connectivity index (χ1n) is 9.75. The minimum absolute atomic E-state index is 0.165. The second kappa shape index (κ2) is 10.9. The van der Waals surface area contributed by atoms with Crippen LogP contribution in [0.5, 0.6) is 5.75 Å². The average Bonchev–Trinajstić information content (AvgIpc) is 2.67. The third-order valence-corrected chi connectivity index (χ3v) is 5.39. The van der Waals surface area contributed by atoms with Crippen molar-refractivity contribution in [1.29, 1.82) is 0 Å². The molecule has 29 heavy (non-hydrogen) atoms. The molecule has 0 heterocycles. The van der Waals surface area contributed by atoms with Crippen LogP contribution >= 0.6 is 11.8 Å². The fraction of sp³-hybridized carbons (Fsp3) is 0.391. The number of ether oxygens (including phenoxy) is 1. The monoisotopic (exact) mass is 414 g/mol. The van der Waals surface area contributed by atoms with Gasteiger partial charge in [-0.15, -0.1) is 11.8 Å². The van der Waals surface area contributed by atoms with Gasteiger partial charge in [0.05, 0.1) is 13.2 Å². The van der Waals surface area contributed by atoms with Gasteiger partial charge in [-0.05, 0) is 42.3 Å². The number of thioether (sulfide) groups is 1. The number of carbonyl (C=O) groups is 2. The van der Waals surface area contributed by atoms with E-state index in [1.54, 1.807) is 18.9 Å². The summed E-state index contributed by atoms with van der Waals surface area (Å²) in [5, 5.41) is 6.30. The Morgan fingerprint density at radius 2 is 1.72 bits per heavy atom. The van der Waals surface area contributed by atoms with Crippen LogP contribution < -0.4 is 15.4 Å². The molecular formula is C23H30N2O3S. The number of carbonyl (C=O) groups excluding carboxylic acids is 2. The molecule has 0 fully saturated rings. The van der Waals surface area contributed by atoms with Crippen molar-refractivity contribution < 1.29 is 14.3 Å². The summed E-state index contributed by atoms with van der Waals surface area (Å²) in [6.07, 6.45) is 0.388. The molecule has 0 saturated heterocycles. The van der Waals surface area contributed by atoms with Crippen LogP contribution in [0.1, 0.15) is 44.9 Å². The normalized spacial score (nSPS) is 12.9. The summed E-state index contributed by atoms with van der Waals surface area (Å²) >= 11 is 1.80. The van der Waals surface area contributed by atoms with E-state index < -0.39 is 6.04 Å². The molecular weight excluding hydrogens is 384 g/mol. The van der Waals surface area contributed by atoms with E-state index in [0.29, 0.717) is 11.7 Å². The zero-order chi connectivity index (χ0) is 21.4. The van der Waals surface area contributed by atoms with Gasteiger partial charge in [0.2, 0.25) is 11.8 Å². The number of methoxy groups -OCH3 is 1. The second-order valence-corrected chi connectivity index (χ2v) is 8.92. The molecule has 0 aliphatic rings. The van der Waals surface area contributed by atoms with Crippen LogP contribution in [0.2, 0.25) is 0 Å². The SMILES string of the molecule is COc1cccc(CC(NC(C)=O)C(=O)NC(C)c2ccc(SC(C)C)cc2)c1. The molecule has 0 bridgehead atoms. The summed E-state index contributed by atoms with van der Waals surface area (Å²) in [5.74, 6) is 0.268. The number of hydrogen-bond acceptors (Lipinski definition) is 4. The zero-order valence-corrected chi connectivity index (χ0v) is 18.5. The molecule has 2 unspecified atom stereocenters. The number of amides is 2. The zero-order valence-electron chi connectivity index (χ0n) is 17.7. The quantitative estimate of drug-likeness (QED) is 0.606. The van der Waals surface area contributed by atoms with Crippen molar-refractivity contribution in [3.05, 3.63) is 59.7 Å². The predicted octanol–water partition coefficient (Wildman–Crippen LogP) is 4.12. The van der Waals surface area contributed by atoms with Crippen LogP contribution in [-0.4, -0.2) is 30.2 Å². The molecule has 2 aromatic rings. The van der Waals surface area contributed by atoms with Crippen LogP contribution in [0.25, 0.3) is 0 Å². The summed E-state index contributed by atoms with van der Waals surface area (Å²) in [4.78, 5) is 25.7. The van der Waals surface area contributed by atoms with Gasteiger partial charge in [0, 0.05) is 23.5 Å². The lowest BCUT2D eigenvalue weighted by Gasteiger charge is -2.21. The lowest BCUT2D eigenvalue weighted by Crippen LogP contribution is -2.47. The Labute approximate surface area is 177 Å². The van der Waals surface area contributed by atoms with Gasteiger partial charge in [-0.25, -0.2) is 0 Å². The Balaban J connectivity index is 2.07. The van der Waals surface area contributed by atoms with Gasteiger partial charge in [-0.3, -0.25) is 9.59 Å². The molecule has 0 saturated carbocycles. The summed E-state index contributed by atoms with van der Waals surface area (Å²) < 4.78 is 5.24. The van der Waals surface area contributed by atoms with Crippen LogP contribution in [0.15, 0.2) is 53.4 Å². The smallest absolute Gasteiger partial charge is 0.243 e. The van der Waals surface area contributed by atoms with E-state index in [9.17, 15) is 9.59 Å². The van der Waals surface area contributed by atoms with Gasteiger partial charge in [-0.1, -0.05) is 38.1 Å². The molecule has 0 radical (unpaired) electrons. The van der Waals surface area contributed by atoms with Crippen molar-refractivity contribution in [3.8, 4) is 5.75 Å². The standard InChI is InChI=1S/C23H30N2O3S/c1-15(2)29-21-11-9-19(10-12-21)16(3)24-23(27)22(25-17(4)26)14-18-7-6-8-20(13-18)28-5/h6-13,15-16,22H,14H2,1-5H3,(H,24,27)(H,25,26). The number of nitrogens with one attached hydrogen (secondary N) is 2. The van der Waals surface area contributed by atoms with E-state index in [1.165, 1.54) is 11.8 Å². The Bertz CT molecular complexity index is 821. The highest BCUT2D eigenvalue weighted by Crippen LogP contribution is 2.24. The van der Waals surface area contributed by atoms with Crippen molar-refractivity contribution in [3.63, 3.8) is 0 Å². The highest BCUT2D eigenvalue weighted by molar-refractivity contribution is 7.99. The maximum atomic E-state index is 12.9. The van der Waals surface area contributed by atoms with E-state index in [2.05, 4.69) is 36.6 Å². The molecule has 5 nitrogen and oxygen atoms in total. The molecule has 156 valence electrons. The summed E-state index contributed by atoms with van der Waals surface area (Å²) in [5.41, 5.74) is 1.94. The van der Waals surface area contributed by atoms with Crippen molar-refractivity contribution in [1.82, 2.24) is 10.6 Å². The number of hydrogen-bond donors (Lipinski definition) is 2. The summed E-state index contributed by atoms with van der Waals surface area (Å²) in [6, 6.07) is 14.9. The Hall–Kier alpha value is -2.47. The van der Waals surface area contributed by atoms with Crippen molar-refractivity contribution in [2.75, 3.05) is 7.11 Å². The maximum Gasteiger partial charge on any atom is 0.243 e. The molecule has 2 amide bonds. The largest absolute Gasteiger partial charge is 0.497 e. The summed E-state index contributed by atoms with van der Waals surface area (Å²) in [6.45, 7) is 7.68. The van der Waals surface area contributed by atoms with Crippen molar-refractivity contribution in [2.45, 2.75) is 56.3 Å². The minimum Gasteiger partial charge on any atom is -0.497 e. The maximum absolute atomic E-state index is 12.9. The van der Waals surface area contributed by atoms with Crippen LogP contribution in [0, 0.1) is 0 Å². The van der Waals surface area contributed by atoms with E-state index in [1.807, 2.05) is 43.3 Å². The number of rotatable bonds is 9. The van der Waals surface area contributed by atoms with E-state index >= 15 is 0 Å². The predicted molar refractivity (Wildman–Crippen MR) is 118 cm³/mol. The molecule has 2 atom stereocenters. The first-order valence-corrected chi connectivity index (χ1v) is 10.6. The fourth-order valence-electron chi connectivity index (χ4n) is 2.99. The molecule has 0 aliphatic carbocycles. The van der Waals surface area contributed by atoms with E-state index in [-0.39, 0.29) is 17.9 Å². The third kappa shape index (κ3) is 7.46. The molecule has 6 heteroatoms. The Morgan fingerprint density at radius 3 is 2.31 bits per heavy atom. The first-order chi connectivity index (χ1) is 13.8. The molecule has 0 aromatic heterocycles. The van der Waals surface area contributed by atoms with Gasteiger partial charge in [-0.2, -0.15) is 0 Å². The molecule has 2 aromatic carbocycles. The Morgan fingerprint density at radius 1 is 1.03 bits per heavy atom. The van der Waals surface area contributed by atoms with E-state index in [0.717, 1.165) is 16.9 Å². The van der Waals surface area contributed by atoms with Crippen molar-refractivity contribution >= 4 is 23.6 Å².